The van der Waals surface area contributed by atoms with Crippen molar-refractivity contribution in [2.45, 2.75) is 176 Å². The number of carbonyl (C=O) groups is 7. The molecular formula is C72H88N6O14Si. The second kappa shape index (κ2) is 29.8. The fourth-order valence-electron chi connectivity index (χ4n) is 11.2. The number of nitrogens with one attached hydrogen (secondary N) is 1. The number of rotatable bonds is 23. The number of nitrogens with two attached hydrogens (primary N) is 1. The van der Waals surface area contributed by atoms with E-state index in [0.717, 1.165) is 22.3 Å². The minimum absolute atomic E-state index is 0.00192. The fourth-order valence-corrected chi connectivity index (χ4v) is 12.4. The number of benzene rings is 4. The molecule has 0 unspecified atom stereocenters. The number of aryl methyl sites for hydroxylation is 1. The van der Waals surface area contributed by atoms with Crippen LogP contribution in [0.1, 0.15) is 142 Å². The second-order valence-electron chi connectivity index (χ2n) is 26.1. The molecule has 0 aromatic heterocycles. The van der Waals surface area contributed by atoms with E-state index in [4.69, 9.17) is 38.6 Å². The zero-order chi connectivity index (χ0) is 67.8. The van der Waals surface area contributed by atoms with Gasteiger partial charge in [0.1, 0.15) is 38.8 Å². The summed E-state index contributed by atoms with van der Waals surface area (Å²) in [4.78, 5) is 102. The van der Waals surface area contributed by atoms with Gasteiger partial charge < -0.3 is 53.7 Å². The molecule has 4 aliphatic rings. The monoisotopic (exact) mass is 1290 g/mol. The Morgan fingerprint density at radius 2 is 1.27 bits per heavy atom. The smallest absolute Gasteiger partial charge is 0.416 e. The van der Waals surface area contributed by atoms with E-state index in [-0.39, 0.29) is 127 Å². The fraction of sp³-hybridized carbons (Fsp3) is 0.431. The molecule has 21 heteroatoms. The Morgan fingerprint density at radius 3 is 1.86 bits per heavy atom. The number of nitrogens with zero attached hydrogens (tertiary/aromatic N) is 4. The lowest BCUT2D eigenvalue weighted by Gasteiger charge is -2.44. The summed E-state index contributed by atoms with van der Waals surface area (Å²) < 4.78 is 43.3. The van der Waals surface area contributed by atoms with Gasteiger partial charge in [-0.3, -0.25) is 28.9 Å². The molecule has 4 aromatic carbocycles. The average Bonchev–Trinajstić information content (AvgIpc) is 1.63. The Balaban J connectivity index is 1.07. The third kappa shape index (κ3) is 16.3. The molecule has 0 saturated carbocycles. The number of amides is 5. The first-order chi connectivity index (χ1) is 44.0. The molecule has 4 aromatic rings. The highest BCUT2D eigenvalue weighted by Crippen LogP contribution is 2.46. The Hall–Kier alpha value is -8.97. The Bertz CT molecular complexity index is 3690. The molecule has 0 fully saturated rings. The van der Waals surface area contributed by atoms with Gasteiger partial charge in [-0.1, -0.05) is 107 Å². The number of esters is 1. The van der Waals surface area contributed by atoms with Crippen molar-refractivity contribution in [1.29, 1.82) is 0 Å². The number of ketones is 1. The number of Topliss-reactive ketones (excluding diaryl/α,β-unsaturated/α-hetero) is 1. The van der Waals surface area contributed by atoms with Crippen LogP contribution in [0.25, 0.3) is 0 Å². The maximum Gasteiger partial charge on any atom is 0.416 e. The summed E-state index contributed by atoms with van der Waals surface area (Å²) in [6, 6.07) is 16.4. The minimum Gasteiger partial charge on any atom is -0.493 e. The maximum absolute atomic E-state index is 14.7. The van der Waals surface area contributed by atoms with Gasteiger partial charge in [0.25, 0.3) is 11.8 Å². The van der Waals surface area contributed by atoms with E-state index in [9.17, 15) is 33.6 Å². The summed E-state index contributed by atoms with van der Waals surface area (Å²) in [6.07, 6.45) is 5.57. The first-order valence-electron chi connectivity index (χ1n) is 31.4. The van der Waals surface area contributed by atoms with Crippen LogP contribution < -0.4 is 35.1 Å². The number of ether oxygens (including phenoxy) is 6. The lowest BCUT2D eigenvalue weighted by Crippen LogP contribution is -2.57. The summed E-state index contributed by atoms with van der Waals surface area (Å²) in [5, 5.41) is 2.43. The predicted molar refractivity (Wildman–Crippen MR) is 357 cm³/mol. The molecule has 93 heavy (non-hydrogen) atoms. The highest BCUT2D eigenvalue weighted by Gasteiger charge is 2.51. The van der Waals surface area contributed by atoms with E-state index in [1.165, 1.54) is 29.1 Å². The van der Waals surface area contributed by atoms with Crippen molar-refractivity contribution in [1.82, 2.24) is 15.1 Å². The van der Waals surface area contributed by atoms with Crippen LogP contribution in [0.5, 0.6) is 17.2 Å². The largest absolute Gasteiger partial charge is 0.493 e. The SMILES string of the molecule is C=CCOC(=O)N1c2cc(OCc3cc(C#CCCC(=O)OCc4ccc(CC(=O)[C@H](C)NC(=O)[C@@H](N)C(C)C)cc4)cc(COc4cc5c(cc4C)C(=O)N4C=C(C)C[C@H]4[C@H](O[Si](C)(C)C(C)(C)C)N5C(=O)OCC=C)c3)c(OC)cc2C(=O)N2C=C(C)C[C@H]2[C@@H]1C. The topological polar surface area (TPSA) is 235 Å². The van der Waals surface area contributed by atoms with E-state index < -0.39 is 56.9 Å². The standard InChI is InChI=1S/C72H88N6O14Si/c1-16-26-87-70(84)77-48(9)56-28-44(5)38-75(56)68(83)55-35-62(86-13)63(37-57(55)77)90-42-53-32-51(20-18-19-21-64(80)91-40-50-24-22-49(23-25-50)34-60(79)47(8)74-66(81)65(73)43(3)4)31-52(33-53)41-89-61-36-58-54(30-46(61)7)67(82)76-39-45(6)29-59(76)69(78(58)71(85)88-27-17-2)92-93(14,15)72(10,11)12/h16-17,22-25,30-33,35-39,43,47-48,56,59,65,69H,1-2,19,21,26-29,34,40-42,73H2,3-15H3,(H,74,81)/t47-,48-,56-,59-,65-,69-/m0/s1. The van der Waals surface area contributed by atoms with Crippen LogP contribution in [-0.4, -0.2) is 117 Å². The number of carbonyl (C=O) groups excluding carboxylic acids is 7. The van der Waals surface area contributed by atoms with Crippen LogP contribution in [0.2, 0.25) is 18.1 Å². The number of anilines is 2. The van der Waals surface area contributed by atoms with Crippen molar-refractivity contribution in [3.8, 4) is 29.1 Å². The van der Waals surface area contributed by atoms with Gasteiger partial charge in [-0.2, -0.15) is 0 Å². The molecule has 494 valence electrons. The number of fused-ring (bicyclic) bond motifs is 4. The van der Waals surface area contributed by atoms with E-state index in [0.29, 0.717) is 40.8 Å². The van der Waals surface area contributed by atoms with Crippen LogP contribution in [0.15, 0.2) is 116 Å². The van der Waals surface area contributed by atoms with Crippen molar-refractivity contribution in [3.63, 3.8) is 0 Å². The molecule has 0 radical (unpaired) electrons. The highest BCUT2D eigenvalue weighted by molar-refractivity contribution is 6.74. The van der Waals surface area contributed by atoms with Crippen molar-refractivity contribution in [2.75, 3.05) is 30.1 Å². The average molecular weight is 1290 g/mol. The maximum atomic E-state index is 14.7. The second-order valence-corrected chi connectivity index (χ2v) is 30.8. The Kier molecular flexibility index (Phi) is 22.4. The van der Waals surface area contributed by atoms with Crippen LogP contribution >= 0.6 is 0 Å². The first kappa shape index (κ1) is 69.9. The lowest BCUT2D eigenvalue weighted by molar-refractivity contribution is -0.144. The molecular weight excluding hydrogens is 1200 g/mol. The quantitative estimate of drug-likeness (QED) is 0.0231. The molecule has 6 atom stereocenters. The molecule has 5 amide bonds. The number of hydrogen-bond donors (Lipinski definition) is 2. The first-order valence-corrected chi connectivity index (χ1v) is 34.3. The summed E-state index contributed by atoms with van der Waals surface area (Å²) in [7, 11) is -1.18. The van der Waals surface area contributed by atoms with Gasteiger partial charge in [0.05, 0.1) is 66.2 Å². The van der Waals surface area contributed by atoms with Crippen molar-refractivity contribution >= 4 is 61.4 Å². The van der Waals surface area contributed by atoms with Crippen molar-refractivity contribution in [2.24, 2.45) is 11.7 Å². The van der Waals surface area contributed by atoms with Gasteiger partial charge in [0.2, 0.25) is 5.91 Å². The van der Waals surface area contributed by atoms with E-state index in [2.05, 4.69) is 64.2 Å². The Labute approximate surface area is 547 Å². The third-order valence-corrected chi connectivity index (χ3v) is 22.0. The molecule has 3 N–H and O–H groups in total. The molecule has 0 bridgehead atoms. The van der Waals surface area contributed by atoms with Crippen LogP contribution in [-0.2, 0) is 59.3 Å². The molecule has 0 aliphatic carbocycles. The van der Waals surface area contributed by atoms with E-state index >= 15 is 0 Å². The summed E-state index contributed by atoms with van der Waals surface area (Å²) in [5.74, 6) is 5.48. The highest BCUT2D eigenvalue weighted by atomic mass is 28.4. The summed E-state index contributed by atoms with van der Waals surface area (Å²) in [6.45, 7) is 30.7. The van der Waals surface area contributed by atoms with Crippen LogP contribution in [0.3, 0.4) is 0 Å². The minimum atomic E-state index is -2.64. The molecule has 20 nitrogen and oxygen atoms in total. The van der Waals surface area contributed by atoms with Gasteiger partial charge in [-0.25, -0.2) is 14.5 Å². The van der Waals surface area contributed by atoms with Crippen molar-refractivity contribution in [3.05, 3.63) is 160 Å². The molecule has 4 heterocycles. The number of methoxy groups -OCH3 is 1. The molecule has 0 saturated heterocycles. The zero-order valence-electron chi connectivity index (χ0n) is 55.8. The normalized spacial score (nSPS) is 18.2. The molecule has 4 aliphatic heterocycles. The summed E-state index contributed by atoms with van der Waals surface area (Å²) in [5.41, 5.74) is 12.9. The van der Waals surface area contributed by atoms with Crippen molar-refractivity contribution < 1.29 is 66.4 Å². The summed E-state index contributed by atoms with van der Waals surface area (Å²) >= 11 is 0. The van der Waals surface area contributed by atoms with Gasteiger partial charge in [-0.15, -0.1) is 0 Å². The zero-order valence-corrected chi connectivity index (χ0v) is 56.8. The lowest BCUT2D eigenvalue weighted by atomic mass is 10.0. The number of hydrogen-bond acceptors (Lipinski definition) is 15. The van der Waals surface area contributed by atoms with Gasteiger partial charge in [-0.05, 0) is 130 Å². The van der Waals surface area contributed by atoms with Gasteiger partial charge in [0.15, 0.2) is 31.8 Å². The van der Waals surface area contributed by atoms with Gasteiger partial charge >= 0.3 is 18.2 Å². The molecule has 0 spiro atoms. The predicted octanol–water partition coefficient (Wildman–Crippen LogP) is 11.9. The van der Waals surface area contributed by atoms with Crippen LogP contribution in [0, 0.1) is 24.7 Å². The third-order valence-electron chi connectivity index (χ3n) is 17.5. The van der Waals surface area contributed by atoms with E-state index in [1.807, 2.05) is 72.1 Å². The van der Waals surface area contributed by atoms with Gasteiger partial charge in [0, 0.05) is 42.9 Å². The van der Waals surface area contributed by atoms with E-state index in [1.54, 1.807) is 65.3 Å². The van der Waals surface area contributed by atoms with Crippen LogP contribution in [0.4, 0.5) is 21.0 Å². The Morgan fingerprint density at radius 1 is 0.720 bits per heavy atom. The molecule has 8 rings (SSSR count).